The fraction of sp³-hybridized carbons (Fsp3) is 0.333. The number of carbonyl (C=O) groups excluding carboxylic acids is 2. The first-order valence-electron chi connectivity index (χ1n) is 9.35. The van der Waals surface area contributed by atoms with E-state index in [1.807, 2.05) is 18.2 Å². The highest BCUT2D eigenvalue weighted by molar-refractivity contribution is 5.94. The van der Waals surface area contributed by atoms with Gasteiger partial charge in [-0.1, -0.05) is 18.2 Å². The number of carbonyl (C=O) groups is 2. The molecule has 2 aromatic carbocycles. The van der Waals surface area contributed by atoms with Gasteiger partial charge >= 0.3 is 0 Å². The topological polar surface area (TPSA) is 58.6 Å². The minimum Gasteiger partial charge on any atom is -0.493 e. The lowest BCUT2D eigenvalue weighted by molar-refractivity contribution is -0.122. The van der Waals surface area contributed by atoms with Crippen LogP contribution >= 0.6 is 0 Å². The molecule has 0 atom stereocenters. The monoisotopic (exact) mass is 406 g/mol. The molecule has 8 heteroatoms. The minimum atomic E-state index is -1.66. The van der Waals surface area contributed by atoms with Gasteiger partial charge in [0.2, 0.25) is 5.91 Å². The van der Waals surface area contributed by atoms with Crippen molar-refractivity contribution in [2.45, 2.75) is 25.3 Å². The molecule has 1 aliphatic heterocycles. The third-order valence-corrected chi connectivity index (χ3v) is 4.75. The summed E-state index contributed by atoms with van der Waals surface area (Å²) in [5.74, 6) is -4.63. The highest BCUT2D eigenvalue weighted by atomic mass is 19.2. The van der Waals surface area contributed by atoms with Crippen molar-refractivity contribution in [1.29, 1.82) is 0 Å². The first-order chi connectivity index (χ1) is 14.0. The van der Waals surface area contributed by atoms with Crippen LogP contribution in [-0.2, 0) is 4.79 Å². The van der Waals surface area contributed by atoms with E-state index < -0.39 is 28.9 Å². The van der Waals surface area contributed by atoms with E-state index in [-0.39, 0.29) is 38.1 Å². The molecule has 154 valence electrons. The zero-order chi connectivity index (χ0) is 20.8. The van der Waals surface area contributed by atoms with Crippen LogP contribution in [0.5, 0.6) is 5.75 Å². The summed E-state index contributed by atoms with van der Waals surface area (Å²) in [5.41, 5.74) is -0.496. The second-order valence-corrected chi connectivity index (χ2v) is 6.77. The van der Waals surface area contributed by atoms with Crippen molar-refractivity contribution < 1.29 is 27.5 Å². The highest BCUT2D eigenvalue weighted by Gasteiger charge is 2.27. The summed E-state index contributed by atoms with van der Waals surface area (Å²) in [7, 11) is 0. The van der Waals surface area contributed by atoms with Crippen molar-refractivity contribution in [1.82, 2.24) is 10.2 Å². The van der Waals surface area contributed by atoms with Gasteiger partial charge in [0.05, 0.1) is 18.6 Å². The standard InChI is InChI=1S/C21H21F3N2O3/c22-17-7-6-16(19(23)20(17)24)21(28)26-11-8-14(9-12-26)25-18(27)10-13-29-15-4-2-1-3-5-15/h1-7,14H,8-13H2,(H,25,27). The van der Waals surface area contributed by atoms with Crippen molar-refractivity contribution in [2.24, 2.45) is 0 Å². The molecule has 0 saturated carbocycles. The SMILES string of the molecule is O=C(CCOc1ccccc1)NC1CCN(C(=O)c2ccc(F)c(F)c2F)CC1. The van der Waals surface area contributed by atoms with Gasteiger partial charge in [-0.2, -0.15) is 0 Å². The maximum Gasteiger partial charge on any atom is 0.256 e. The molecule has 0 aromatic heterocycles. The lowest BCUT2D eigenvalue weighted by Crippen LogP contribution is -2.46. The summed E-state index contributed by atoms with van der Waals surface area (Å²) >= 11 is 0. The average Bonchev–Trinajstić information content (AvgIpc) is 2.73. The molecular formula is C21H21F3N2O3. The Balaban J connectivity index is 1.43. The Morgan fingerprint density at radius 3 is 2.38 bits per heavy atom. The zero-order valence-electron chi connectivity index (χ0n) is 15.7. The van der Waals surface area contributed by atoms with Crippen molar-refractivity contribution in [2.75, 3.05) is 19.7 Å². The summed E-state index contributed by atoms with van der Waals surface area (Å²) in [6, 6.07) is 10.7. The molecule has 3 rings (SSSR count). The van der Waals surface area contributed by atoms with E-state index in [1.54, 1.807) is 12.1 Å². The highest BCUT2D eigenvalue weighted by Crippen LogP contribution is 2.19. The second-order valence-electron chi connectivity index (χ2n) is 6.77. The van der Waals surface area contributed by atoms with Crippen LogP contribution in [0.2, 0.25) is 0 Å². The molecule has 1 N–H and O–H groups in total. The minimum absolute atomic E-state index is 0.113. The van der Waals surface area contributed by atoms with Gasteiger partial charge in [0, 0.05) is 19.1 Å². The number of benzene rings is 2. The molecule has 1 heterocycles. The molecule has 0 unspecified atom stereocenters. The Kier molecular flexibility index (Phi) is 6.74. The third-order valence-electron chi connectivity index (χ3n) is 4.75. The number of nitrogens with one attached hydrogen (secondary N) is 1. The van der Waals surface area contributed by atoms with Gasteiger partial charge in [0.1, 0.15) is 5.75 Å². The fourth-order valence-electron chi connectivity index (χ4n) is 3.17. The maximum atomic E-state index is 13.8. The van der Waals surface area contributed by atoms with Crippen molar-refractivity contribution >= 4 is 11.8 Å². The number of amides is 2. The zero-order valence-corrected chi connectivity index (χ0v) is 15.7. The molecule has 5 nitrogen and oxygen atoms in total. The van der Waals surface area contributed by atoms with E-state index in [0.29, 0.717) is 18.6 Å². The fourth-order valence-corrected chi connectivity index (χ4v) is 3.17. The summed E-state index contributed by atoms with van der Waals surface area (Å²) in [6.45, 7) is 0.814. The molecule has 29 heavy (non-hydrogen) atoms. The number of halogens is 3. The van der Waals surface area contributed by atoms with Crippen LogP contribution in [0.1, 0.15) is 29.6 Å². The molecule has 0 bridgehead atoms. The Morgan fingerprint density at radius 1 is 1.00 bits per heavy atom. The van der Waals surface area contributed by atoms with E-state index in [2.05, 4.69) is 5.32 Å². The van der Waals surface area contributed by atoms with E-state index in [1.165, 1.54) is 4.90 Å². The Labute approximate surface area is 166 Å². The first-order valence-corrected chi connectivity index (χ1v) is 9.35. The molecule has 1 fully saturated rings. The van der Waals surface area contributed by atoms with Crippen molar-refractivity contribution in [3.05, 3.63) is 65.5 Å². The third kappa shape index (κ3) is 5.28. The van der Waals surface area contributed by atoms with Crippen molar-refractivity contribution in [3.8, 4) is 5.75 Å². The molecule has 0 aliphatic carbocycles. The summed E-state index contributed by atoms with van der Waals surface area (Å²) in [4.78, 5) is 25.8. The van der Waals surface area contributed by atoms with E-state index in [9.17, 15) is 22.8 Å². The van der Waals surface area contributed by atoms with Gasteiger partial charge in [-0.05, 0) is 37.1 Å². The van der Waals surface area contributed by atoms with Gasteiger partial charge in [-0.25, -0.2) is 13.2 Å². The summed E-state index contributed by atoms with van der Waals surface area (Å²) in [6.07, 6.45) is 1.18. The van der Waals surface area contributed by atoms with Crippen LogP contribution in [0.15, 0.2) is 42.5 Å². The van der Waals surface area contributed by atoms with Crippen LogP contribution in [0, 0.1) is 17.5 Å². The Morgan fingerprint density at radius 2 is 1.69 bits per heavy atom. The smallest absolute Gasteiger partial charge is 0.256 e. The lowest BCUT2D eigenvalue weighted by Gasteiger charge is -2.32. The van der Waals surface area contributed by atoms with Crippen LogP contribution in [-0.4, -0.2) is 42.5 Å². The number of rotatable bonds is 6. The van der Waals surface area contributed by atoms with Crippen LogP contribution in [0.3, 0.4) is 0 Å². The Hall–Kier alpha value is -3.03. The number of nitrogens with zero attached hydrogens (tertiary/aromatic N) is 1. The first kappa shape index (κ1) is 20.7. The van der Waals surface area contributed by atoms with Gasteiger partial charge < -0.3 is 15.0 Å². The largest absolute Gasteiger partial charge is 0.493 e. The van der Waals surface area contributed by atoms with Gasteiger partial charge in [0.15, 0.2) is 17.5 Å². The van der Waals surface area contributed by atoms with E-state index in [4.69, 9.17) is 4.74 Å². The molecule has 2 amide bonds. The number of hydrogen-bond acceptors (Lipinski definition) is 3. The number of likely N-dealkylation sites (tertiary alicyclic amines) is 1. The number of piperidine rings is 1. The number of ether oxygens (including phenoxy) is 1. The molecule has 2 aromatic rings. The Bertz CT molecular complexity index is 869. The maximum absolute atomic E-state index is 13.8. The van der Waals surface area contributed by atoms with E-state index in [0.717, 1.165) is 12.1 Å². The summed E-state index contributed by atoms with van der Waals surface area (Å²) < 4.78 is 45.7. The predicted molar refractivity (Wildman–Crippen MR) is 99.9 cm³/mol. The lowest BCUT2D eigenvalue weighted by atomic mass is 10.0. The molecule has 0 radical (unpaired) electrons. The quantitative estimate of drug-likeness (QED) is 0.749. The second kappa shape index (κ2) is 9.45. The van der Waals surface area contributed by atoms with Crippen LogP contribution in [0.4, 0.5) is 13.2 Å². The summed E-state index contributed by atoms with van der Waals surface area (Å²) in [5, 5.41) is 2.89. The van der Waals surface area contributed by atoms with Crippen molar-refractivity contribution in [3.63, 3.8) is 0 Å². The average molecular weight is 406 g/mol. The number of para-hydroxylation sites is 1. The van der Waals surface area contributed by atoms with E-state index >= 15 is 0 Å². The van der Waals surface area contributed by atoms with Crippen LogP contribution < -0.4 is 10.1 Å². The number of hydrogen-bond donors (Lipinski definition) is 1. The predicted octanol–water partition coefficient (Wildman–Crippen LogP) is 3.29. The molecule has 1 saturated heterocycles. The van der Waals surface area contributed by atoms with Gasteiger partial charge in [-0.15, -0.1) is 0 Å². The van der Waals surface area contributed by atoms with Crippen LogP contribution in [0.25, 0.3) is 0 Å². The molecule has 1 aliphatic rings. The molecule has 0 spiro atoms. The van der Waals surface area contributed by atoms with Gasteiger partial charge in [0.25, 0.3) is 5.91 Å². The molecular weight excluding hydrogens is 385 g/mol. The normalized spacial score (nSPS) is 14.5. The van der Waals surface area contributed by atoms with Gasteiger partial charge in [-0.3, -0.25) is 9.59 Å².